The lowest BCUT2D eigenvalue weighted by molar-refractivity contribution is 0.787. The lowest BCUT2D eigenvalue weighted by Crippen LogP contribution is -2.08. The maximum atomic E-state index is 6.20. The second-order valence-electron chi connectivity index (χ2n) is 5.87. The molecule has 6 nitrogen and oxygen atoms in total. The van der Waals surface area contributed by atoms with Crippen LogP contribution < -0.4 is 11.1 Å². The predicted molar refractivity (Wildman–Crippen MR) is 108 cm³/mol. The Bertz CT molecular complexity index is 1040. The zero-order valence-corrected chi connectivity index (χ0v) is 15.7. The summed E-state index contributed by atoms with van der Waals surface area (Å²) in [6.07, 6.45) is 0.916. The Hall–Kier alpha value is -2.64. The molecule has 0 aliphatic heterocycles. The molecule has 3 aromatic heterocycles. The van der Waals surface area contributed by atoms with Crippen LogP contribution >= 0.6 is 22.9 Å². The number of rotatable bonds is 5. The van der Waals surface area contributed by atoms with Gasteiger partial charge in [-0.05, 0) is 30.0 Å². The Morgan fingerprint density at radius 1 is 1.19 bits per heavy atom. The largest absolute Gasteiger partial charge is 0.383 e. The van der Waals surface area contributed by atoms with E-state index in [1.807, 2.05) is 24.3 Å². The fourth-order valence-electron chi connectivity index (χ4n) is 2.76. The summed E-state index contributed by atoms with van der Waals surface area (Å²) in [5.74, 6) is 1.08. The van der Waals surface area contributed by atoms with E-state index in [9.17, 15) is 0 Å². The molecule has 0 saturated heterocycles. The third-order valence-electron chi connectivity index (χ3n) is 4.09. The molecule has 0 unspecified atom stereocenters. The van der Waals surface area contributed by atoms with Crippen molar-refractivity contribution in [2.24, 2.45) is 7.05 Å². The van der Waals surface area contributed by atoms with Crippen molar-refractivity contribution in [3.63, 3.8) is 0 Å². The number of nitrogens with one attached hydrogen (secondary N) is 1. The van der Waals surface area contributed by atoms with Gasteiger partial charge in [-0.25, -0.2) is 4.98 Å². The van der Waals surface area contributed by atoms with Gasteiger partial charge in [0.25, 0.3) is 0 Å². The van der Waals surface area contributed by atoms with Gasteiger partial charge in [-0.2, -0.15) is 10.1 Å². The van der Waals surface area contributed by atoms with Gasteiger partial charge in [-0.15, -0.1) is 11.3 Å². The van der Waals surface area contributed by atoms with E-state index in [0.29, 0.717) is 22.4 Å². The SMILES string of the molecule is Cn1nc2nc(NCCc3cccs3)nc(-c3ccc(Cl)cc3)c2c1N. The normalized spacial score (nSPS) is 11.2. The number of fused-ring (bicyclic) bond motifs is 1. The molecule has 26 heavy (non-hydrogen) atoms. The summed E-state index contributed by atoms with van der Waals surface area (Å²) >= 11 is 7.76. The van der Waals surface area contributed by atoms with Gasteiger partial charge < -0.3 is 11.1 Å². The first-order valence-electron chi connectivity index (χ1n) is 8.14. The molecule has 0 atom stereocenters. The number of benzene rings is 1. The molecule has 3 heterocycles. The van der Waals surface area contributed by atoms with Crippen molar-refractivity contribution in [2.45, 2.75) is 6.42 Å². The average molecular weight is 385 g/mol. The maximum Gasteiger partial charge on any atom is 0.225 e. The van der Waals surface area contributed by atoms with Gasteiger partial charge in [0.1, 0.15) is 5.82 Å². The van der Waals surface area contributed by atoms with E-state index in [-0.39, 0.29) is 0 Å². The molecule has 4 rings (SSSR count). The quantitative estimate of drug-likeness (QED) is 0.543. The molecule has 1 aromatic carbocycles. The molecule has 0 saturated carbocycles. The minimum atomic E-state index is 0.537. The Morgan fingerprint density at radius 3 is 2.73 bits per heavy atom. The molecule has 0 aliphatic rings. The second-order valence-corrected chi connectivity index (χ2v) is 7.33. The van der Waals surface area contributed by atoms with E-state index in [0.717, 1.165) is 29.6 Å². The number of aryl methyl sites for hydroxylation is 1. The van der Waals surface area contributed by atoms with Crippen LogP contribution in [0.15, 0.2) is 41.8 Å². The summed E-state index contributed by atoms with van der Waals surface area (Å²) in [5, 5.41) is 11.2. The Balaban J connectivity index is 1.71. The van der Waals surface area contributed by atoms with Crippen LogP contribution in [0.5, 0.6) is 0 Å². The Kier molecular flexibility index (Phi) is 4.48. The van der Waals surface area contributed by atoms with E-state index in [1.165, 1.54) is 4.88 Å². The summed E-state index contributed by atoms with van der Waals surface area (Å²) in [6, 6.07) is 11.7. The van der Waals surface area contributed by atoms with Crippen LogP contribution in [-0.2, 0) is 13.5 Å². The predicted octanol–water partition coefficient (Wildman–Crippen LogP) is 3.98. The molecular formula is C18H17ClN6S. The molecular weight excluding hydrogens is 368 g/mol. The topological polar surface area (TPSA) is 81.7 Å². The highest BCUT2D eigenvalue weighted by molar-refractivity contribution is 7.09. The number of hydrogen-bond donors (Lipinski definition) is 2. The third-order valence-corrected chi connectivity index (χ3v) is 5.28. The van der Waals surface area contributed by atoms with E-state index in [4.69, 9.17) is 22.3 Å². The molecule has 0 radical (unpaired) electrons. The van der Waals surface area contributed by atoms with Crippen molar-refractivity contribution in [3.8, 4) is 11.3 Å². The summed E-state index contributed by atoms with van der Waals surface area (Å²) < 4.78 is 1.62. The van der Waals surface area contributed by atoms with E-state index < -0.39 is 0 Å². The lowest BCUT2D eigenvalue weighted by Gasteiger charge is -2.08. The average Bonchev–Trinajstić information content (AvgIpc) is 3.24. The number of aromatic nitrogens is 4. The fraction of sp³-hybridized carbons (Fsp3) is 0.167. The van der Waals surface area contributed by atoms with Crippen LogP contribution in [0.2, 0.25) is 5.02 Å². The zero-order chi connectivity index (χ0) is 18.1. The first-order valence-corrected chi connectivity index (χ1v) is 9.40. The Labute approximate surface area is 159 Å². The molecule has 132 valence electrons. The molecule has 0 amide bonds. The number of halogens is 1. The molecule has 0 fully saturated rings. The van der Waals surface area contributed by atoms with Crippen molar-refractivity contribution < 1.29 is 0 Å². The van der Waals surface area contributed by atoms with Crippen LogP contribution in [0.3, 0.4) is 0 Å². The highest BCUT2D eigenvalue weighted by Gasteiger charge is 2.17. The molecule has 0 spiro atoms. The summed E-state index contributed by atoms with van der Waals surface area (Å²) in [6.45, 7) is 0.744. The fourth-order valence-corrected chi connectivity index (χ4v) is 3.60. The highest BCUT2D eigenvalue weighted by Crippen LogP contribution is 2.31. The van der Waals surface area contributed by atoms with Gasteiger partial charge in [0.05, 0.1) is 11.1 Å². The van der Waals surface area contributed by atoms with Crippen LogP contribution in [0.25, 0.3) is 22.3 Å². The van der Waals surface area contributed by atoms with Gasteiger partial charge >= 0.3 is 0 Å². The number of nitrogens with two attached hydrogens (primary N) is 1. The third kappa shape index (κ3) is 3.23. The van der Waals surface area contributed by atoms with Crippen LogP contribution in [0.1, 0.15) is 4.88 Å². The van der Waals surface area contributed by atoms with E-state index in [1.54, 1.807) is 23.1 Å². The number of anilines is 2. The van der Waals surface area contributed by atoms with Gasteiger partial charge in [0, 0.05) is 29.1 Å². The minimum Gasteiger partial charge on any atom is -0.383 e. The highest BCUT2D eigenvalue weighted by atomic mass is 35.5. The van der Waals surface area contributed by atoms with E-state index >= 15 is 0 Å². The zero-order valence-electron chi connectivity index (χ0n) is 14.1. The minimum absolute atomic E-state index is 0.537. The van der Waals surface area contributed by atoms with Crippen molar-refractivity contribution in [1.29, 1.82) is 0 Å². The smallest absolute Gasteiger partial charge is 0.225 e. The number of hydrogen-bond acceptors (Lipinski definition) is 6. The Morgan fingerprint density at radius 2 is 2.00 bits per heavy atom. The van der Waals surface area contributed by atoms with Crippen LogP contribution in [0, 0.1) is 0 Å². The summed E-state index contributed by atoms with van der Waals surface area (Å²) in [4.78, 5) is 10.5. The number of thiophene rings is 1. The van der Waals surface area contributed by atoms with Crippen molar-refractivity contribution in [1.82, 2.24) is 19.7 Å². The monoisotopic (exact) mass is 384 g/mol. The molecule has 0 bridgehead atoms. The summed E-state index contributed by atoms with van der Waals surface area (Å²) in [5.41, 5.74) is 8.43. The second kappa shape index (κ2) is 6.93. The lowest BCUT2D eigenvalue weighted by atomic mass is 10.1. The maximum absolute atomic E-state index is 6.20. The molecule has 3 N–H and O–H groups in total. The van der Waals surface area contributed by atoms with Crippen molar-refractivity contribution >= 4 is 45.7 Å². The van der Waals surface area contributed by atoms with Gasteiger partial charge in [-0.3, -0.25) is 4.68 Å². The van der Waals surface area contributed by atoms with Gasteiger partial charge in [0.2, 0.25) is 5.95 Å². The van der Waals surface area contributed by atoms with Crippen LogP contribution in [-0.4, -0.2) is 26.3 Å². The first-order chi connectivity index (χ1) is 12.6. The molecule has 0 aliphatic carbocycles. The number of nitrogens with zero attached hydrogens (tertiary/aromatic N) is 4. The van der Waals surface area contributed by atoms with Crippen molar-refractivity contribution in [2.75, 3.05) is 17.6 Å². The molecule has 8 heteroatoms. The van der Waals surface area contributed by atoms with Gasteiger partial charge in [0.15, 0.2) is 5.65 Å². The standard InChI is InChI=1S/C18H17ClN6S/c1-25-16(20)14-15(11-4-6-12(19)7-5-11)22-18(23-17(14)24-25)21-9-8-13-3-2-10-26-13/h2-7,10H,8-9,20H2,1H3,(H,21,23,24). The van der Waals surface area contributed by atoms with Gasteiger partial charge in [-0.1, -0.05) is 29.8 Å². The van der Waals surface area contributed by atoms with Crippen LogP contribution in [0.4, 0.5) is 11.8 Å². The first kappa shape index (κ1) is 16.8. The number of nitrogen functional groups attached to an aromatic ring is 1. The summed E-state index contributed by atoms with van der Waals surface area (Å²) in [7, 11) is 1.80. The molecule has 4 aromatic rings. The van der Waals surface area contributed by atoms with E-state index in [2.05, 4.69) is 32.9 Å². The van der Waals surface area contributed by atoms with Crippen molar-refractivity contribution in [3.05, 3.63) is 51.7 Å².